The molecule has 6 nitrogen and oxygen atoms in total. The number of ether oxygens (including phenoxy) is 1. The van der Waals surface area contributed by atoms with E-state index in [9.17, 15) is 4.79 Å². The Morgan fingerprint density at radius 2 is 1.89 bits per heavy atom. The summed E-state index contributed by atoms with van der Waals surface area (Å²) in [6.07, 6.45) is 0.865. The van der Waals surface area contributed by atoms with Crippen LogP contribution in [0.4, 0.5) is 0 Å². The summed E-state index contributed by atoms with van der Waals surface area (Å²) >= 11 is 0. The number of nitrogens with one attached hydrogen (secondary N) is 3. The third-order valence-electron chi connectivity index (χ3n) is 4.28. The van der Waals surface area contributed by atoms with Gasteiger partial charge in [0.2, 0.25) is 0 Å². The van der Waals surface area contributed by atoms with Gasteiger partial charge in [0.15, 0.2) is 5.96 Å². The molecule has 2 aromatic rings. The maximum atomic E-state index is 11.7. The first-order chi connectivity index (χ1) is 13.1. The van der Waals surface area contributed by atoms with Gasteiger partial charge >= 0.3 is 0 Å². The van der Waals surface area contributed by atoms with Crippen LogP contribution < -0.4 is 20.7 Å². The van der Waals surface area contributed by atoms with E-state index in [1.807, 2.05) is 25.1 Å². The van der Waals surface area contributed by atoms with Crippen LogP contribution in [0, 0.1) is 6.92 Å². The van der Waals surface area contributed by atoms with Crippen molar-refractivity contribution in [3.8, 4) is 5.75 Å². The van der Waals surface area contributed by atoms with Crippen molar-refractivity contribution in [2.45, 2.75) is 19.9 Å². The summed E-state index contributed by atoms with van der Waals surface area (Å²) in [4.78, 5) is 16.0. The fraction of sp³-hybridized carbons (Fsp3) is 0.333. The molecule has 0 saturated heterocycles. The Morgan fingerprint density at radius 3 is 2.57 bits per heavy atom. The van der Waals surface area contributed by atoms with Gasteiger partial charge < -0.3 is 20.7 Å². The van der Waals surface area contributed by atoms with Gasteiger partial charge in [0.05, 0.1) is 7.11 Å². The van der Waals surface area contributed by atoms with Crippen LogP contribution in [-0.4, -0.2) is 39.6 Å². The molecule has 0 fully saturated rings. The van der Waals surface area contributed by atoms with E-state index in [-0.39, 0.29) is 29.9 Å². The molecule has 0 aromatic heterocycles. The number of halogens is 1. The average molecular weight is 496 g/mol. The Labute approximate surface area is 184 Å². The Bertz CT molecular complexity index is 809. The zero-order valence-corrected chi connectivity index (χ0v) is 19.2. The predicted octanol–water partition coefficient (Wildman–Crippen LogP) is 2.89. The van der Waals surface area contributed by atoms with E-state index in [0.29, 0.717) is 12.1 Å². The summed E-state index contributed by atoms with van der Waals surface area (Å²) in [5, 5.41) is 9.21. The quantitative estimate of drug-likeness (QED) is 0.313. The molecule has 0 saturated carbocycles. The highest BCUT2D eigenvalue weighted by atomic mass is 127. The van der Waals surface area contributed by atoms with Crippen molar-refractivity contribution in [1.29, 1.82) is 0 Å². The van der Waals surface area contributed by atoms with Crippen molar-refractivity contribution < 1.29 is 9.53 Å². The largest absolute Gasteiger partial charge is 0.496 e. The Kier molecular flexibility index (Phi) is 10.4. The average Bonchev–Trinajstić information content (AvgIpc) is 2.71. The minimum atomic E-state index is -0.0899. The third kappa shape index (κ3) is 7.03. The first-order valence-electron chi connectivity index (χ1n) is 8.96. The number of guanidine groups is 1. The topological polar surface area (TPSA) is 74.8 Å². The van der Waals surface area contributed by atoms with Crippen molar-refractivity contribution in [3.63, 3.8) is 0 Å². The van der Waals surface area contributed by atoms with Crippen molar-refractivity contribution in [3.05, 3.63) is 64.7 Å². The maximum Gasteiger partial charge on any atom is 0.251 e. The minimum absolute atomic E-state index is 0. The number of aryl methyl sites for hydroxylation is 1. The maximum absolute atomic E-state index is 11.7. The van der Waals surface area contributed by atoms with Crippen LogP contribution in [0.5, 0.6) is 5.75 Å². The van der Waals surface area contributed by atoms with E-state index < -0.39 is 0 Å². The second kappa shape index (κ2) is 12.2. The number of hydrogen-bond acceptors (Lipinski definition) is 3. The van der Waals surface area contributed by atoms with Crippen LogP contribution in [0.2, 0.25) is 0 Å². The first-order valence-corrected chi connectivity index (χ1v) is 8.96. The Hall–Kier alpha value is -2.29. The van der Waals surface area contributed by atoms with Gasteiger partial charge in [0.25, 0.3) is 5.91 Å². The van der Waals surface area contributed by atoms with Gasteiger partial charge in [-0.2, -0.15) is 0 Å². The van der Waals surface area contributed by atoms with Gasteiger partial charge in [-0.25, -0.2) is 0 Å². The number of nitrogens with zero attached hydrogens (tertiary/aromatic N) is 1. The van der Waals surface area contributed by atoms with E-state index in [4.69, 9.17) is 4.74 Å². The van der Waals surface area contributed by atoms with Gasteiger partial charge in [0.1, 0.15) is 5.75 Å². The molecule has 0 heterocycles. The van der Waals surface area contributed by atoms with Crippen LogP contribution >= 0.6 is 24.0 Å². The first kappa shape index (κ1) is 23.7. The normalized spacial score (nSPS) is 10.6. The lowest BCUT2D eigenvalue weighted by molar-refractivity contribution is 0.0963. The van der Waals surface area contributed by atoms with Crippen LogP contribution in [0.3, 0.4) is 0 Å². The molecule has 1 amide bonds. The lowest BCUT2D eigenvalue weighted by atomic mass is 10.1. The molecule has 0 radical (unpaired) electrons. The molecule has 3 N–H and O–H groups in total. The monoisotopic (exact) mass is 496 g/mol. The number of hydrogen-bond donors (Lipinski definition) is 3. The summed E-state index contributed by atoms with van der Waals surface area (Å²) < 4.78 is 5.37. The predicted molar refractivity (Wildman–Crippen MR) is 125 cm³/mol. The van der Waals surface area contributed by atoms with E-state index in [0.717, 1.165) is 35.8 Å². The van der Waals surface area contributed by atoms with Crippen molar-refractivity contribution >= 4 is 35.8 Å². The highest BCUT2D eigenvalue weighted by molar-refractivity contribution is 14.0. The fourth-order valence-electron chi connectivity index (χ4n) is 2.72. The van der Waals surface area contributed by atoms with Crippen molar-refractivity contribution in [2.75, 3.05) is 27.7 Å². The Balaban J connectivity index is 0.00000392. The minimum Gasteiger partial charge on any atom is -0.496 e. The number of carbonyl (C=O) groups excluding carboxylic acids is 1. The number of aliphatic imine (C=N–C) groups is 1. The molecular weight excluding hydrogens is 467 g/mol. The van der Waals surface area contributed by atoms with Crippen LogP contribution in [0.25, 0.3) is 0 Å². The number of benzene rings is 2. The zero-order chi connectivity index (χ0) is 19.6. The van der Waals surface area contributed by atoms with Crippen LogP contribution in [0.1, 0.15) is 27.0 Å². The molecule has 0 atom stereocenters. The standard InChI is InChI=1S/C21H28N4O2.HI/c1-15-8-9-16(13-19(15)27-4)10-11-24-21(23-3)25-14-17-6-5-7-18(12-17)20(26)22-2;/h5-9,12-13H,10-11,14H2,1-4H3,(H,22,26)(H2,23,24,25);1H. The highest BCUT2D eigenvalue weighted by Gasteiger charge is 2.05. The molecule has 0 aliphatic carbocycles. The van der Waals surface area contributed by atoms with E-state index in [1.54, 1.807) is 27.3 Å². The van der Waals surface area contributed by atoms with Gasteiger partial charge in [-0.05, 0) is 48.2 Å². The van der Waals surface area contributed by atoms with E-state index in [2.05, 4.69) is 39.1 Å². The molecule has 0 aliphatic rings. The summed E-state index contributed by atoms with van der Waals surface area (Å²) in [7, 11) is 5.06. The van der Waals surface area contributed by atoms with Crippen molar-refractivity contribution in [2.24, 2.45) is 4.99 Å². The molecule has 7 heteroatoms. The number of amides is 1. The fourth-order valence-corrected chi connectivity index (χ4v) is 2.72. The number of methoxy groups -OCH3 is 1. The van der Waals surface area contributed by atoms with Crippen LogP contribution in [-0.2, 0) is 13.0 Å². The highest BCUT2D eigenvalue weighted by Crippen LogP contribution is 2.18. The summed E-state index contributed by atoms with van der Waals surface area (Å²) in [6, 6.07) is 13.8. The molecule has 0 aliphatic heterocycles. The second-order valence-electron chi connectivity index (χ2n) is 6.19. The number of rotatable bonds is 7. The van der Waals surface area contributed by atoms with Gasteiger partial charge in [-0.1, -0.05) is 24.3 Å². The third-order valence-corrected chi connectivity index (χ3v) is 4.28. The molecule has 0 bridgehead atoms. The van der Waals surface area contributed by atoms with E-state index in [1.165, 1.54) is 5.56 Å². The van der Waals surface area contributed by atoms with Gasteiger partial charge in [0, 0.05) is 32.7 Å². The van der Waals surface area contributed by atoms with Gasteiger partial charge in [-0.15, -0.1) is 24.0 Å². The van der Waals surface area contributed by atoms with Gasteiger partial charge in [-0.3, -0.25) is 9.79 Å². The summed E-state index contributed by atoms with van der Waals surface area (Å²) in [5.41, 5.74) is 4.00. The van der Waals surface area contributed by atoms with E-state index >= 15 is 0 Å². The molecule has 0 unspecified atom stereocenters. The summed E-state index contributed by atoms with van der Waals surface area (Å²) in [5.74, 6) is 1.54. The Morgan fingerprint density at radius 1 is 1.11 bits per heavy atom. The second-order valence-corrected chi connectivity index (χ2v) is 6.19. The summed E-state index contributed by atoms with van der Waals surface area (Å²) in [6.45, 7) is 3.37. The molecule has 0 spiro atoms. The zero-order valence-electron chi connectivity index (χ0n) is 16.8. The lowest BCUT2D eigenvalue weighted by Gasteiger charge is -2.13. The SMILES string of the molecule is CN=C(NCCc1ccc(C)c(OC)c1)NCc1cccc(C(=O)NC)c1.I. The van der Waals surface area contributed by atoms with Crippen molar-refractivity contribution in [1.82, 2.24) is 16.0 Å². The smallest absolute Gasteiger partial charge is 0.251 e. The molecule has 2 rings (SSSR count). The molecule has 2 aromatic carbocycles. The van der Waals surface area contributed by atoms with Crippen LogP contribution in [0.15, 0.2) is 47.5 Å². The molecule has 28 heavy (non-hydrogen) atoms. The molecular formula is C21H29IN4O2. The number of carbonyl (C=O) groups is 1. The molecule has 152 valence electrons. The lowest BCUT2D eigenvalue weighted by Crippen LogP contribution is -2.37.